The molecule has 1 saturated heterocycles. The Morgan fingerprint density at radius 2 is 1.74 bits per heavy atom. The van der Waals surface area contributed by atoms with E-state index in [1.807, 2.05) is 30.3 Å². The zero-order chi connectivity index (χ0) is 41.3. The van der Waals surface area contributed by atoms with Crippen molar-refractivity contribution in [3.8, 4) is 28.5 Å². The fraction of sp³-hybridized carbons (Fsp3) is 0.341. The zero-order valence-corrected chi connectivity index (χ0v) is 32.9. The number of benzene rings is 3. The van der Waals surface area contributed by atoms with E-state index in [4.69, 9.17) is 30.7 Å². The van der Waals surface area contributed by atoms with Crippen molar-refractivity contribution >= 4 is 44.6 Å². The predicted molar refractivity (Wildman–Crippen MR) is 212 cm³/mol. The van der Waals surface area contributed by atoms with E-state index in [2.05, 4.69) is 17.2 Å². The molecule has 0 spiro atoms. The summed E-state index contributed by atoms with van der Waals surface area (Å²) in [6, 6.07) is 19.0. The van der Waals surface area contributed by atoms with Crippen LogP contribution in [0.3, 0.4) is 0 Å². The van der Waals surface area contributed by atoms with Crippen molar-refractivity contribution in [3.63, 3.8) is 0 Å². The number of amides is 3. The molecule has 0 bridgehead atoms. The summed E-state index contributed by atoms with van der Waals surface area (Å²) in [5.74, 6) is -2.26. The molecule has 300 valence electrons. The molecule has 57 heavy (non-hydrogen) atoms. The van der Waals surface area contributed by atoms with Gasteiger partial charge in [0.25, 0.3) is 21.8 Å². The van der Waals surface area contributed by atoms with Gasteiger partial charge in [-0.2, -0.15) is 4.31 Å². The summed E-state index contributed by atoms with van der Waals surface area (Å²) in [4.78, 5) is 60.2. The molecule has 15 nitrogen and oxygen atoms in total. The number of methoxy groups -OCH3 is 1. The van der Waals surface area contributed by atoms with E-state index in [1.165, 1.54) is 18.2 Å². The van der Waals surface area contributed by atoms with Crippen LogP contribution in [0.15, 0.2) is 96.4 Å². The number of sulfonamides is 1. The molecule has 4 atom stereocenters. The van der Waals surface area contributed by atoms with Crippen LogP contribution in [-0.2, 0) is 29.1 Å². The van der Waals surface area contributed by atoms with Crippen LogP contribution in [0.2, 0.25) is 0 Å². The first-order valence-electron chi connectivity index (χ1n) is 18.3. The lowest BCUT2D eigenvalue weighted by atomic mass is 9.88. The number of carbonyl (C=O) groups is 4. The van der Waals surface area contributed by atoms with E-state index in [0.29, 0.717) is 47.5 Å². The van der Waals surface area contributed by atoms with E-state index in [1.54, 1.807) is 52.1 Å². The second-order valence-electron chi connectivity index (χ2n) is 15.0. The Labute approximate surface area is 330 Å². The van der Waals surface area contributed by atoms with E-state index in [0.717, 1.165) is 17.7 Å². The van der Waals surface area contributed by atoms with Crippen LogP contribution >= 0.6 is 0 Å². The molecule has 1 unspecified atom stereocenters. The number of nitrogens with zero attached hydrogens (tertiary/aromatic N) is 2. The molecule has 4 aromatic rings. The fourth-order valence-corrected chi connectivity index (χ4v) is 8.34. The van der Waals surface area contributed by atoms with Crippen LogP contribution in [0.4, 0.5) is 4.79 Å². The number of imide groups is 1. The molecule has 1 aliphatic carbocycles. The predicted octanol–water partition coefficient (Wildman–Crippen LogP) is 4.19. The summed E-state index contributed by atoms with van der Waals surface area (Å²) in [5, 5.41) is 5.95. The average molecular weight is 799 g/mol. The first-order chi connectivity index (χ1) is 27.0. The van der Waals surface area contributed by atoms with Crippen molar-refractivity contribution in [2.45, 2.75) is 68.2 Å². The summed E-state index contributed by atoms with van der Waals surface area (Å²) in [7, 11) is -3.57. The molecule has 1 aromatic heterocycles. The highest BCUT2D eigenvalue weighted by Crippen LogP contribution is 2.58. The summed E-state index contributed by atoms with van der Waals surface area (Å²) in [6.45, 7) is 8.34. The highest BCUT2D eigenvalue weighted by atomic mass is 32.2. The minimum absolute atomic E-state index is 0.00137. The quantitative estimate of drug-likeness (QED) is 0.110. The molecular formula is C41H46N6O9S. The number of pyridine rings is 1. The lowest BCUT2D eigenvalue weighted by Gasteiger charge is -2.31. The number of nitrogens with two attached hydrogens (primary N) is 2. The third-order valence-corrected chi connectivity index (χ3v) is 11.7. The molecule has 2 fully saturated rings. The summed E-state index contributed by atoms with van der Waals surface area (Å²) in [5.41, 5.74) is 9.61. The number of alkyl carbamates (subject to hydrolysis) is 1. The number of hydrogen-bond donors (Lipinski definition) is 4. The normalized spacial score (nSPS) is 20.9. The van der Waals surface area contributed by atoms with Gasteiger partial charge in [-0.3, -0.25) is 14.4 Å². The minimum atomic E-state index is -5.11. The number of carbonyl (C=O) groups excluding carboxylic acids is 4. The van der Waals surface area contributed by atoms with Crippen molar-refractivity contribution < 1.29 is 41.8 Å². The molecule has 0 radical (unpaired) electrons. The van der Waals surface area contributed by atoms with Crippen molar-refractivity contribution in [2.75, 3.05) is 20.2 Å². The smallest absolute Gasteiger partial charge is 0.408 e. The Kier molecular flexibility index (Phi) is 11.3. The molecular weight excluding hydrogens is 753 g/mol. The Balaban J connectivity index is 1.39. The molecule has 3 amide bonds. The van der Waals surface area contributed by atoms with Crippen LogP contribution < -0.4 is 31.6 Å². The molecule has 3 aromatic carbocycles. The zero-order valence-electron chi connectivity index (χ0n) is 32.1. The number of Topliss-reactive ketones (excluding diaryl/α,β-unsaturated/α-hetero) is 1. The Morgan fingerprint density at radius 1 is 1.05 bits per heavy atom. The molecule has 1 aliphatic heterocycles. The van der Waals surface area contributed by atoms with Gasteiger partial charge in [-0.05, 0) is 83.0 Å². The van der Waals surface area contributed by atoms with Gasteiger partial charge in [-0.1, -0.05) is 36.4 Å². The lowest BCUT2D eigenvalue weighted by Crippen LogP contribution is -2.60. The molecule has 1 saturated carbocycles. The number of aromatic nitrogens is 1. The van der Waals surface area contributed by atoms with Gasteiger partial charge >= 0.3 is 6.09 Å². The van der Waals surface area contributed by atoms with E-state index >= 15 is 0 Å². The molecule has 6 N–H and O–H groups in total. The average Bonchev–Trinajstić information content (AvgIpc) is 3.49. The molecule has 2 heterocycles. The maximum Gasteiger partial charge on any atom is 0.408 e. The monoisotopic (exact) mass is 798 g/mol. The topological polar surface area (TPSA) is 222 Å². The Bertz CT molecular complexity index is 2330. The van der Waals surface area contributed by atoms with E-state index in [9.17, 15) is 27.6 Å². The van der Waals surface area contributed by atoms with Gasteiger partial charge in [0.1, 0.15) is 34.3 Å². The van der Waals surface area contributed by atoms with Crippen molar-refractivity contribution in [3.05, 3.63) is 91.5 Å². The maximum atomic E-state index is 14.7. The van der Waals surface area contributed by atoms with E-state index < -0.39 is 73.8 Å². The van der Waals surface area contributed by atoms with Crippen LogP contribution in [-0.4, -0.2) is 84.8 Å². The largest absolute Gasteiger partial charge is 0.497 e. The summed E-state index contributed by atoms with van der Waals surface area (Å²) < 4.78 is 46.2. The van der Waals surface area contributed by atoms with Gasteiger partial charge in [-0.25, -0.2) is 18.2 Å². The first-order valence-corrected chi connectivity index (χ1v) is 19.8. The third kappa shape index (κ3) is 7.98. The fourth-order valence-electron chi connectivity index (χ4n) is 6.91. The van der Waals surface area contributed by atoms with Crippen LogP contribution in [0, 0.1) is 5.41 Å². The maximum absolute atomic E-state index is 14.7. The number of ether oxygens (including phenoxy) is 3. The van der Waals surface area contributed by atoms with E-state index in [-0.39, 0.29) is 16.5 Å². The molecule has 16 heteroatoms. The Morgan fingerprint density at radius 3 is 2.32 bits per heavy atom. The SMILES string of the molecule is C=C[C@@]1(N)C[C@@]1(C(=O)C1CCCN1)C(=O)N(C(=O)[C@H](CN)NC(=O)OC(C)(C)C)S(=O)(=O)c1ccc(Oc2cc(-c3ccccc3)nc3cc(OC)ccc23)cc1. The van der Waals surface area contributed by atoms with Crippen molar-refractivity contribution in [1.82, 2.24) is 19.9 Å². The first kappa shape index (κ1) is 41.0. The molecule has 6 rings (SSSR count). The standard InChI is InChI=1S/C41H46N6O9S/c1-6-40(43)24-41(40,35(48)30-13-10-20-44-30)37(50)47(36(49)33(23-42)46-38(51)56-39(2,3)4)57(52,53)28-17-14-26(15-18-28)55-34-22-31(25-11-8-7-9-12-25)45-32-21-27(54-5)16-19-29(32)34/h6-9,11-12,14-19,21-22,30,33,44H,1,10,13,20,23-24,42-43H2,2-5H3,(H,46,51)/t30?,33-,40+,41+/m0/s1. The summed E-state index contributed by atoms with van der Waals surface area (Å²) in [6.07, 6.45) is 0.840. The van der Waals surface area contributed by atoms with Crippen LogP contribution in [0.5, 0.6) is 17.2 Å². The highest BCUT2D eigenvalue weighted by molar-refractivity contribution is 7.90. The number of rotatable bonds is 13. The second-order valence-corrected chi connectivity index (χ2v) is 16.8. The van der Waals surface area contributed by atoms with Gasteiger partial charge in [0.2, 0.25) is 0 Å². The van der Waals surface area contributed by atoms with Crippen LogP contribution in [0.25, 0.3) is 22.2 Å². The number of fused-ring (bicyclic) bond motifs is 1. The van der Waals surface area contributed by atoms with Gasteiger partial charge in [0, 0.05) is 29.6 Å². The lowest BCUT2D eigenvalue weighted by molar-refractivity contribution is -0.147. The van der Waals surface area contributed by atoms with Crippen LogP contribution in [0.1, 0.15) is 40.0 Å². The van der Waals surface area contributed by atoms with Gasteiger partial charge in [-0.15, -0.1) is 6.58 Å². The Hall–Kier alpha value is -5.68. The van der Waals surface area contributed by atoms with Gasteiger partial charge in [0.05, 0.1) is 34.8 Å². The minimum Gasteiger partial charge on any atom is -0.497 e. The summed E-state index contributed by atoms with van der Waals surface area (Å²) >= 11 is 0. The second kappa shape index (κ2) is 15.7. The van der Waals surface area contributed by atoms with Crippen molar-refractivity contribution in [2.24, 2.45) is 16.9 Å². The molecule has 2 aliphatic rings. The number of hydrogen-bond acceptors (Lipinski definition) is 13. The third-order valence-electron chi connectivity index (χ3n) is 10.0. The van der Waals surface area contributed by atoms with Gasteiger partial charge < -0.3 is 36.3 Å². The highest BCUT2D eigenvalue weighted by Gasteiger charge is 2.76. The number of ketones is 1. The number of nitrogens with one attached hydrogen (secondary N) is 2. The van der Waals surface area contributed by atoms with Crippen molar-refractivity contribution in [1.29, 1.82) is 0 Å². The van der Waals surface area contributed by atoms with Gasteiger partial charge in [0.15, 0.2) is 5.78 Å².